The first-order chi connectivity index (χ1) is 19.5. The van der Waals surface area contributed by atoms with Gasteiger partial charge in [-0.15, -0.1) is 0 Å². The summed E-state index contributed by atoms with van der Waals surface area (Å²) in [5.74, 6) is 1.16. The molecule has 194 valence electrons. The van der Waals surface area contributed by atoms with Gasteiger partial charge in [-0.3, -0.25) is 4.79 Å². The van der Waals surface area contributed by atoms with Crippen molar-refractivity contribution in [2.75, 3.05) is 0 Å². The SMILES string of the molecule is O=Cc1ccc(-c2coc(-c3ccc(Br)cc3)n2)cc1.[C-]#[N+]c1ccc(-c2coc(-c3ccc(Br)cc3)n2)cc1. The first-order valence-electron chi connectivity index (χ1n) is 12.0. The van der Waals surface area contributed by atoms with Crippen LogP contribution in [0.5, 0.6) is 0 Å². The number of nitrogens with zero attached hydrogens (tertiary/aromatic N) is 3. The molecule has 40 heavy (non-hydrogen) atoms. The maximum Gasteiger partial charge on any atom is 0.226 e. The van der Waals surface area contributed by atoms with Crippen molar-refractivity contribution in [1.82, 2.24) is 9.97 Å². The molecule has 0 spiro atoms. The van der Waals surface area contributed by atoms with E-state index < -0.39 is 0 Å². The molecule has 0 bridgehead atoms. The lowest BCUT2D eigenvalue weighted by atomic mass is 10.1. The molecule has 0 unspecified atom stereocenters. The van der Waals surface area contributed by atoms with E-state index >= 15 is 0 Å². The molecule has 0 saturated carbocycles. The molecule has 0 atom stereocenters. The van der Waals surface area contributed by atoms with Crippen molar-refractivity contribution in [3.63, 3.8) is 0 Å². The average molecular weight is 653 g/mol. The van der Waals surface area contributed by atoms with Gasteiger partial charge in [0.05, 0.1) is 6.57 Å². The number of aromatic nitrogens is 2. The first-order valence-corrected chi connectivity index (χ1v) is 13.6. The van der Waals surface area contributed by atoms with Crippen molar-refractivity contribution in [3.05, 3.63) is 136 Å². The summed E-state index contributed by atoms with van der Waals surface area (Å²) in [7, 11) is 0. The van der Waals surface area contributed by atoms with Crippen molar-refractivity contribution in [2.45, 2.75) is 0 Å². The normalized spacial score (nSPS) is 10.3. The number of hydrogen-bond acceptors (Lipinski definition) is 5. The zero-order valence-electron chi connectivity index (χ0n) is 20.8. The molecular formula is C32H19Br2N3O3. The molecule has 6 nitrogen and oxygen atoms in total. The number of halogens is 2. The Labute approximate surface area is 247 Å². The van der Waals surface area contributed by atoms with Crippen molar-refractivity contribution in [2.24, 2.45) is 0 Å². The summed E-state index contributed by atoms with van der Waals surface area (Å²) >= 11 is 6.79. The highest BCUT2D eigenvalue weighted by Crippen LogP contribution is 2.28. The fourth-order valence-electron chi connectivity index (χ4n) is 3.70. The lowest BCUT2D eigenvalue weighted by molar-refractivity contribution is 0.112. The molecular weight excluding hydrogens is 634 g/mol. The van der Waals surface area contributed by atoms with E-state index in [9.17, 15) is 4.79 Å². The van der Waals surface area contributed by atoms with E-state index in [1.807, 2.05) is 72.8 Å². The summed E-state index contributed by atoms with van der Waals surface area (Å²) in [6, 6.07) is 30.1. The van der Waals surface area contributed by atoms with Gasteiger partial charge < -0.3 is 8.83 Å². The van der Waals surface area contributed by atoms with Gasteiger partial charge in [-0.1, -0.05) is 80.4 Å². The zero-order chi connectivity index (χ0) is 27.9. The maximum atomic E-state index is 10.6. The number of hydrogen-bond donors (Lipinski definition) is 0. The smallest absolute Gasteiger partial charge is 0.226 e. The van der Waals surface area contributed by atoms with Crippen LogP contribution in [0.25, 0.3) is 50.3 Å². The first kappa shape index (κ1) is 27.0. The average Bonchev–Trinajstić information content (AvgIpc) is 3.70. The van der Waals surface area contributed by atoms with Gasteiger partial charge in [-0.05, 0) is 48.5 Å². The summed E-state index contributed by atoms with van der Waals surface area (Å²) in [6.45, 7) is 6.94. The zero-order valence-corrected chi connectivity index (χ0v) is 24.0. The van der Waals surface area contributed by atoms with Crippen molar-refractivity contribution in [1.29, 1.82) is 0 Å². The van der Waals surface area contributed by atoms with Gasteiger partial charge >= 0.3 is 0 Å². The summed E-state index contributed by atoms with van der Waals surface area (Å²) in [6.07, 6.45) is 4.07. The van der Waals surface area contributed by atoms with E-state index in [0.29, 0.717) is 23.0 Å². The highest BCUT2D eigenvalue weighted by molar-refractivity contribution is 9.10. The number of carbonyl (C=O) groups excluding carboxylic acids is 1. The Morgan fingerprint density at radius 3 is 1.40 bits per heavy atom. The van der Waals surface area contributed by atoms with Crippen molar-refractivity contribution in [3.8, 4) is 45.4 Å². The summed E-state index contributed by atoms with van der Waals surface area (Å²) in [4.78, 5) is 22.9. The van der Waals surface area contributed by atoms with Gasteiger partial charge in [0.2, 0.25) is 11.8 Å². The highest BCUT2D eigenvalue weighted by Gasteiger charge is 2.09. The van der Waals surface area contributed by atoms with Gasteiger partial charge in [0, 0.05) is 36.8 Å². The Bertz CT molecular complexity index is 1770. The van der Waals surface area contributed by atoms with Crippen molar-refractivity contribution < 1.29 is 13.6 Å². The summed E-state index contributed by atoms with van der Waals surface area (Å²) in [5, 5.41) is 0. The number of benzene rings is 4. The number of rotatable bonds is 5. The number of aldehydes is 1. The quantitative estimate of drug-likeness (QED) is 0.137. The predicted octanol–water partition coefficient (Wildman–Crippen LogP) is 9.91. The lowest BCUT2D eigenvalue weighted by Gasteiger charge is -1.96. The Balaban J connectivity index is 0.000000161. The van der Waals surface area contributed by atoms with Crippen LogP contribution < -0.4 is 0 Å². The third kappa shape index (κ3) is 6.52. The molecule has 4 aromatic carbocycles. The van der Waals surface area contributed by atoms with Crippen LogP contribution in [0.2, 0.25) is 0 Å². The van der Waals surface area contributed by atoms with Crippen LogP contribution in [0.3, 0.4) is 0 Å². The second-order valence-electron chi connectivity index (χ2n) is 8.49. The Morgan fingerprint density at radius 1 is 0.600 bits per heavy atom. The predicted molar refractivity (Wildman–Crippen MR) is 162 cm³/mol. The molecule has 2 aromatic heterocycles. The van der Waals surface area contributed by atoms with Gasteiger partial charge in [0.1, 0.15) is 30.2 Å². The molecule has 6 rings (SSSR count). The minimum absolute atomic E-state index is 0.576. The highest BCUT2D eigenvalue weighted by atomic mass is 79.9. The van der Waals surface area contributed by atoms with Crippen LogP contribution >= 0.6 is 31.9 Å². The molecule has 0 amide bonds. The Hall–Kier alpha value is -4.58. The van der Waals surface area contributed by atoms with Crippen LogP contribution in [0.4, 0.5) is 5.69 Å². The van der Waals surface area contributed by atoms with Crippen LogP contribution in [0.15, 0.2) is 127 Å². The second-order valence-corrected chi connectivity index (χ2v) is 10.3. The molecule has 6 aromatic rings. The van der Waals surface area contributed by atoms with Crippen LogP contribution in [0.1, 0.15) is 10.4 Å². The maximum absolute atomic E-state index is 10.6. The van der Waals surface area contributed by atoms with Crippen LogP contribution in [0, 0.1) is 6.57 Å². The number of carbonyl (C=O) groups is 1. The minimum atomic E-state index is 0.576. The monoisotopic (exact) mass is 651 g/mol. The fraction of sp³-hybridized carbons (Fsp3) is 0. The molecule has 0 aliphatic carbocycles. The molecule has 0 aliphatic rings. The molecule has 0 fully saturated rings. The molecule has 2 heterocycles. The summed E-state index contributed by atoms with van der Waals surface area (Å²) in [5.41, 5.74) is 6.48. The van der Waals surface area contributed by atoms with E-state index in [1.165, 1.54) is 0 Å². The standard InChI is InChI=1S/C16H9BrN2O.C16H10BrNO2/c1-18-14-8-4-11(5-9-14)15-10-20-16(19-15)12-2-6-13(17)7-3-12;17-14-7-5-13(6-8-14)16-18-15(10-20-16)12-3-1-11(9-19)2-4-12/h2-10H;1-10H. The van der Waals surface area contributed by atoms with Gasteiger partial charge in [0.15, 0.2) is 5.69 Å². The van der Waals surface area contributed by atoms with E-state index in [0.717, 1.165) is 48.9 Å². The lowest BCUT2D eigenvalue weighted by Crippen LogP contribution is -1.82. The fourth-order valence-corrected chi connectivity index (χ4v) is 4.23. The number of oxazole rings is 2. The molecule has 0 radical (unpaired) electrons. The largest absolute Gasteiger partial charge is 0.444 e. The van der Waals surface area contributed by atoms with Gasteiger partial charge in [0.25, 0.3) is 0 Å². The molecule has 0 N–H and O–H groups in total. The Morgan fingerprint density at radius 2 is 1.00 bits per heavy atom. The molecule has 0 saturated heterocycles. The minimum Gasteiger partial charge on any atom is -0.444 e. The third-order valence-electron chi connectivity index (χ3n) is 5.83. The van der Waals surface area contributed by atoms with Crippen LogP contribution in [-0.2, 0) is 0 Å². The second kappa shape index (κ2) is 12.5. The van der Waals surface area contributed by atoms with Gasteiger partial charge in [-0.2, -0.15) is 0 Å². The molecule has 8 heteroatoms. The Kier molecular flexibility index (Phi) is 8.45. The van der Waals surface area contributed by atoms with E-state index in [2.05, 4.69) is 46.7 Å². The third-order valence-corrected chi connectivity index (χ3v) is 6.88. The van der Waals surface area contributed by atoms with Crippen LogP contribution in [-0.4, -0.2) is 16.3 Å². The van der Waals surface area contributed by atoms with Crippen molar-refractivity contribution >= 4 is 43.8 Å². The van der Waals surface area contributed by atoms with E-state index in [-0.39, 0.29) is 0 Å². The van der Waals surface area contributed by atoms with E-state index in [4.69, 9.17) is 15.4 Å². The molecule has 0 aliphatic heterocycles. The summed E-state index contributed by atoms with van der Waals surface area (Å²) < 4.78 is 13.0. The van der Waals surface area contributed by atoms with Gasteiger partial charge in [-0.25, -0.2) is 14.8 Å². The topological polar surface area (TPSA) is 73.5 Å². The van der Waals surface area contributed by atoms with E-state index in [1.54, 1.807) is 36.8 Å².